The zero-order valence-electron chi connectivity index (χ0n) is 15.1. The van der Waals surface area contributed by atoms with Crippen molar-refractivity contribution in [3.8, 4) is 0 Å². The molecule has 0 atom stereocenters. The third-order valence-corrected chi connectivity index (χ3v) is 6.14. The number of rotatable bonds is 7. The van der Waals surface area contributed by atoms with Gasteiger partial charge in [-0.2, -0.15) is 0 Å². The zero-order chi connectivity index (χ0) is 18.4. The standard InChI is InChI=1S/C19H28Cl2N2O2/c1-3-19(4-2,13-22)18(24)23-9-7-15(8-10-23)25-12-14-5-6-16(20)17(21)11-14/h5-6,11,15H,3-4,7-10,12-13,22H2,1-2H3. The molecule has 1 aliphatic rings. The second-order valence-corrected chi connectivity index (χ2v) is 7.56. The Hall–Kier alpha value is -0.810. The van der Waals surface area contributed by atoms with E-state index in [-0.39, 0.29) is 12.0 Å². The number of hydrogen-bond acceptors (Lipinski definition) is 3. The van der Waals surface area contributed by atoms with Gasteiger partial charge < -0.3 is 15.4 Å². The van der Waals surface area contributed by atoms with E-state index in [1.807, 2.05) is 30.9 Å². The van der Waals surface area contributed by atoms with Crippen LogP contribution in [0.15, 0.2) is 18.2 Å². The molecule has 0 aromatic heterocycles. The highest BCUT2D eigenvalue weighted by atomic mass is 35.5. The highest BCUT2D eigenvalue weighted by molar-refractivity contribution is 6.42. The van der Waals surface area contributed by atoms with Crippen molar-refractivity contribution >= 4 is 29.1 Å². The van der Waals surface area contributed by atoms with E-state index in [1.54, 1.807) is 6.07 Å². The van der Waals surface area contributed by atoms with Crippen molar-refractivity contribution in [2.24, 2.45) is 11.1 Å². The fourth-order valence-electron chi connectivity index (χ4n) is 3.33. The number of hydrogen-bond donors (Lipinski definition) is 1. The number of nitrogens with two attached hydrogens (primary N) is 1. The van der Waals surface area contributed by atoms with Crippen LogP contribution in [0.2, 0.25) is 10.0 Å². The summed E-state index contributed by atoms with van der Waals surface area (Å²) >= 11 is 12.0. The second kappa shape index (κ2) is 9.22. The fourth-order valence-corrected chi connectivity index (χ4v) is 3.65. The molecule has 1 fully saturated rings. The molecule has 140 valence electrons. The number of likely N-dealkylation sites (tertiary alicyclic amines) is 1. The van der Waals surface area contributed by atoms with Crippen molar-refractivity contribution in [3.63, 3.8) is 0 Å². The number of ether oxygens (including phenoxy) is 1. The third-order valence-electron chi connectivity index (χ3n) is 5.40. The Morgan fingerprint density at radius 2 is 1.88 bits per heavy atom. The van der Waals surface area contributed by atoms with Gasteiger partial charge in [-0.1, -0.05) is 43.1 Å². The summed E-state index contributed by atoms with van der Waals surface area (Å²) < 4.78 is 5.99. The number of piperidine rings is 1. The van der Waals surface area contributed by atoms with Gasteiger partial charge in [0.05, 0.1) is 28.2 Å². The molecule has 1 heterocycles. The van der Waals surface area contributed by atoms with E-state index in [4.69, 9.17) is 33.7 Å². The first-order valence-corrected chi connectivity index (χ1v) is 9.76. The van der Waals surface area contributed by atoms with Crippen LogP contribution in [0.3, 0.4) is 0 Å². The average Bonchev–Trinajstić information content (AvgIpc) is 2.65. The molecule has 0 saturated carbocycles. The number of amides is 1. The van der Waals surface area contributed by atoms with Crippen molar-refractivity contribution in [2.45, 2.75) is 52.2 Å². The summed E-state index contributed by atoms with van der Waals surface area (Å²) in [5, 5.41) is 1.09. The molecule has 4 nitrogen and oxygen atoms in total. The van der Waals surface area contributed by atoms with Crippen molar-refractivity contribution < 1.29 is 9.53 Å². The maximum atomic E-state index is 12.8. The van der Waals surface area contributed by atoms with Crippen LogP contribution in [0.4, 0.5) is 0 Å². The molecule has 1 saturated heterocycles. The van der Waals surface area contributed by atoms with E-state index in [1.165, 1.54) is 0 Å². The molecule has 0 bridgehead atoms. The van der Waals surface area contributed by atoms with Gasteiger partial charge in [-0.05, 0) is 43.4 Å². The van der Waals surface area contributed by atoms with E-state index in [2.05, 4.69) is 0 Å². The van der Waals surface area contributed by atoms with Crippen molar-refractivity contribution in [2.75, 3.05) is 19.6 Å². The van der Waals surface area contributed by atoms with Gasteiger partial charge >= 0.3 is 0 Å². The highest BCUT2D eigenvalue weighted by Gasteiger charge is 2.38. The van der Waals surface area contributed by atoms with E-state index in [0.29, 0.717) is 23.2 Å². The van der Waals surface area contributed by atoms with Crippen LogP contribution in [-0.2, 0) is 16.1 Å². The lowest BCUT2D eigenvalue weighted by molar-refractivity contribution is -0.145. The predicted molar refractivity (Wildman–Crippen MR) is 103 cm³/mol. The lowest BCUT2D eigenvalue weighted by Crippen LogP contribution is -2.50. The molecule has 0 unspecified atom stereocenters. The minimum Gasteiger partial charge on any atom is -0.373 e. The molecule has 2 rings (SSSR count). The summed E-state index contributed by atoms with van der Waals surface area (Å²) in [6.07, 6.45) is 3.43. The minimum atomic E-state index is -0.409. The van der Waals surface area contributed by atoms with Crippen LogP contribution in [0, 0.1) is 5.41 Å². The molecular weight excluding hydrogens is 359 g/mol. The molecule has 25 heavy (non-hydrogen) atoms. The van der Waals surface area contributed by atoms with Crippen LogP contribution in [-0.4, -0.2) is 36.5 Å². The Labute approximate surface area is 160 Å². The van der Waals surface area contributed by atoms with Gasteiger partial charge in [0.2, 0.25) is 5.91 Å². The van der Waals surface area contributed by atoms with Crippen LogP contribution < -0.4 is 5.73 Å². The summed E-state index contributed by atoms with van der Waals surface area (Å²) in [4.78, 5) is 14.8. The Morgan fingerprint density at radius 1 is 1.24 bits per heavy atom. The van der Waals surface area contributed by atoms with E-state index in [0.717, 1.165) is 44.3 Å². The maximum Gasteiger partial charge on any atom is 0.230 e. The van der Waals surface area contributed by atoms with Gasteiger partial charge in [-0.3, -0.25) is 4.79 Å². The molecule has 2 N–H and O–H groups in total. The van der Waals surface area contributed by atoms with Gasteiger partial charge in [0.15, 0.2) is 0 Å². The number of carbonyl (C=O) groups is 1. The first-order chi connectivity index (χ1) is 12.0. The number of halogens is 2. The van der Waals surface area contributed by atoms with E-state index >= 15 is 0 Å². The lowest BCUT2D eigenvalue weighted by atomic mass is 9.80. The summed E-state index contributed by atoms with van der Waals surface area (Å²) in [5.41, 5.74) is 6.50. The van der Waals surface area contributed by atoms with Gasteiger partial charge in [0, 0.05) is 19.6 Å². The normalized spacial score (nSPS) is 16.3. The zero-order valence-corrected chi connectivity index (χ0v) is 16.6. The van der Waals surface area contributed by atoms with Gasteiger partial charge in [-0.15, -0.1) is 0 Å². The number of nitrogens with zero attached hydrogens (tertiary/aromatic N) is 1. The Kier molecular flexibility index (Phi) is 7.56. The Bertz CT molecular complexity index is 575. The van der Waals surface area contributed by atoms with Crippen molar-refractivity contribution in [1.29, 1.82) is 0 Å². The molecule has 1 aliphatic heterocycles. The largest absolute Gasteiger partial charge is 0.373 e. The summed E-state index contributed by atoms with van der Waals surface area (Å²) in [6.45, 7) is 6.46. The highest BCUT2D eigenvalue weighted by Crippen LogP contribution is 2.30. The topological polar surface area (TPSA) is 55.6 Å². The average molecular weight is 387 g/mol. The van der Waals surface area contributed by atoms with Crippen LogP contribution in [0.5, 0.6) is 0 Å². The fraction of sp³-hybridized carbons (Fsp3) is 0.632. The molecule has 0 spiro atoms. The smallest absolute Gasteiger partial charge is 0.230 e. The van der Waals surface area contributed by atoms with E-state index in [9.17, 15) is 4.79 Å². The molecule has 1 aromatic rings. The quantitative estimate of drug-likeness (QED) is 0.760. The summed E-state index contributed by atoms with van der Waals surface area (Å²) in [5.74, 6) is 0.197. The van der Waals surface area contributed by atoms with E-state index < -0.39 is 5.41 Å². The SMILES string of the molecule is CCC(CC)(CN)C(=O)N1CCC(OCc2ccc(Cl)c(Cl)c2)CC1. The van der Waals surface area contributed by atoms with Gasteiger partial charge in [-0.25, -0.2) is 0 Å². The molecular formula is C19H28Cl2N2O2. The monoisotopic (exact) mass is 386 g/mol. The summed E-state index contributed by atoms with van der Waals surface area (Å²) in [6, 6.07) is 5.54. The third kappa shape index (κ3) is 4.88. The number of benzene rings is 1. The van der Waals surface area contributed by atoms with Gasteiger partial charge in [0.25, 0.3) is 0 Å². The molecule has 1 aromatic carbocycles. The molecule has 0 aliphatic carbocycles. The van der Waals surface area contributed by atoms with Crippen molar-refractivity contribution in [1.82, 2.24) is 4.90 Å². The number of carbonyl (C=O) groups excluding carboxylic acids is 1. The molecule has 6 heteroatoms. The predicted octanol–water partition coefficient (Wildman–Crippen LogP) is 4.27. The first kappa shape index (κ1) is 20.5. The first-order valence-electron chi connectivity index (χ1n) is 9.00. The lowest BCUT2D eigenvalue weighted by Gasteiger charge is -2.39. The van der Waals surface area contributed by atoms with Crippen molar-refractivity contribution in [3.05, 3.63) is 33.8 Å². The second-order valence-electron chi connectivity index (χ2n) is 6.74. The molecule has 0 radical (unpaired) electrons. The van der Waals surface area contributed by atoms with Crippen LogP contribution in [0.25, 0.3) is 0 Å². The minimum absolute atomic E-state index is 0.161. The van der Waals surface area contributed by atoms with Crippen LogP contribution in [0.1, 0.15) is 45.1 Å². The Balaban J connectivity index is 1.85. The summed E-state index contributed by atoms with van der Waals surface area (Å²) in [7, 11) is 0. The van der Waals surface area contributed by atoms with Gasteiger partial charge in [0.1, 0.15) is 0 Å². The Morgan fingerprint density at radius 3 is 2.40 bits per heavy atom. The molecule has 1 amide bonds. The maximum absolute atomic E-state index is 12.8. The van der Waals surface area contributed by atoms with Crippen LogP contribution >= 0.6 is 23.2 Å².